The van der Waals surface area contributed by atoms with Gasteiger partial charge in [0.25, 0.3) is 5.91 Å². The molecule has 0 aliphatic heterocycles. The number of rotatable bonds is 6. The van der Waals surface area contributed by atoms with E-state index in [4.69, 9.17) is 11.6 Å². The molecule has 5 nitrogen and oxygen atoms in total. The van der Waals surface area contributed by atoms with Crippen LogP contribution >= 0.6 is 23.1 Å². The number of aryl methyl sites for hydroxylation is 1. The number of amides is 1. The van der Waals surface area contributed by atoms with Crippen LogP contribution < -0.4 is 5.32 Å². The number of anilines is 1. The fourth-order valence-electron chi connectivity index (χ4n) is 2.49. The Bertz CT molecular complexity index is 1040. The van der Waals surface area contributed by atoms with Gasteiger partial charge in [-0.15, -0.1) is 5.10 Å². The quantitative estimate of drug-likeness (QED) is 0.530. The van der Waals surface area contributed by atoms with Crippen molar-refractivity contribution in [3.8, 4) is 0 Å². The molecule has 2 aromatic carbocycles. The zero-order valence-corrected chi connectivity index (χ0v) is 16.2. The van der Waals surface area contributed by atoms with Gasteiger partial charge in [-0.2, -0.15) is 13.2 Å². The van der Waals surface area contributed by atoms with Crippen LogP contribution in [0.25, 0.3) is 0 Å². The Morgan fingerprint density at radius 2 is 1.83 bits per heavy atom. The molecule has 0 bridgehead atoms. The molecule has 1 amide bonds. The maximum atomic E-state index is 12.8. The van der Waals surface area contributed by atoms with Crippen LogP contribution in [0.5, 0.6) is 0 Å². The highest BCUT2D eigenvalue weighted by molar-refractivity contribution is 7.10. The van der Waals surface area contributed by atoms with E-state index in [1.807, 2.05) is 0 Å². The van der Waals surface area contributed by atoms with E-state index in [2.05, 4.69) is 14.9 Å². The van der Waals surface area contributed by atoms with Crippen molar-refractivity contribution in [2.45, 2.75) is 19.0 Å². The summed E-state index contributed by atoms with van der Waals surface area (Å²) in [4.78, 5) is 24.8. The van der Waals surface area contributed by atoms with Crippen molar-refractivity contribution in [1.29, 1.82) is 0 Å². The van der Waals surface area contributed by atoms with Crippen molar-refractivity contribution in [1.82, 2.24) is 9.59 Å². The number of alkyl halides is 3. The van der Waals surface area contributed by atoms with E-state index in [1.165, 1.54) is 6.07 Å². The summed E-state index contributed by atoms with van der Waals surface area (Å²) >= 11 is 6.60. The van der Waals surface area contributed by atoms with E-state index in [0.29, 0.717) is 11.4 Å². The van der Waals surface area contributed by atoms with E-state index in [1.54, 1.807) is 24.3 Å². The molecule has 0 atom stereocenters. The normalized spacial score (nSPS) is 11.3. The molecule has 150 valence electrons. The molecule has 10 heteroatoms. The molecule has 0 saturated heterocycles. The molecule has 0 aliphatic rings. The van der Waals surface area contributed by atoms with Gasteiger partial charge < -0.3 is 5.32 Å². The lowest BCUT2D eigenvalue weighted by Gasteiger charge is -2.09. The van der Waals surface area contributed by atoms with E-state index < -0.39 is 17.6 Å². The van der Waals surface area contributed by atoms with Crippen LogP contribution in [0.1, 0.15) is 38.4 Å². The number of carbonyl (C=O) groups is 2. The van der Waals surface area contributed by atoms with Crippen molar-refractivity contribution < 1.29 is 22.8 Å². The molecular formula is C19H13ClF3N3O2S. The lowest BCUT2D eigenvalue weighted by Crippen LogP contribution is -2.15. The van der Waals surface area contributed by atoms with E-state index in [-0.39, 0.29) is 28.5 Å². The predicted octanol–water partition coefficient (Wildman–Crippen LogP) is 5.28. The largest absolute Gasteiger partial charge is 0.416 e. The fraction of sp³-hybridized carbons (Fsp3) is 0.158. The van der Waals surface area contributed by atoms with Crippen molar-refractivity contribution in [2.75, 3.05) is 5.32 Å². The minimum atomic E-state index is -4.56. The van der Waals surface area contributed by atoms with Gasteiger partial charge in [0.2, 0.25) is 0 Å². The third kappa shape index (κ3) is 5.39. The van der Waals surface area contributed by atoms with Gasteiger partial charge in [0.05, 0.1) is 5.56 Å². The lowest BCUT2D eigenvalue weighted by atomic mass is 10.1. The Balaban J connectivity index is 1.69. The lowest BCUT2D eigenvalue weighted by molar-refractivity contribution is -0.137. The summed E-state index contributed by atoms with van der Waals surface area (Å²) in [7, 11) is 0. The summed E-state index contributed by atoms with van der Waals surface area (Å²) < 4.78 is 42.1. The third-order valence-electron chi connectivity index (χ3n) is 3.99. The molecular weight excluding hydrogens is 427 g/mol. The standard InChI is InChI=1S/C19H13ClF3N3O2S/c20-14-7-4-11(5-8-14)6-9-15(27)16-18(29-26-25-16)24-17(28)12-2-1-3-13(10-12)19(21,22)23/h1-5,7-8,10H,6,9H2,(H,24,28). The molecule has 0 radical (unpaired) electrons. The Labute approximate surface area is 172 Å². The van der Waals surface area contributed by atoms with Crippen molar-refractivity contribution in [2.24, 2.45) is 0 Å². The first-order valence-electron chi connectivity index (χ1n) is 8.32. The highest BCUT2D eigenvalue weighted by Gasteiger charge is 2.31. The van der Waals surface area contributed by atoms with Crippen molar-refractivity contribution >= 4 is 39.8 Å². The first kappa shape index (κ1) is 20.9. The number of hydrogen-bond donors (Lipinski definition) is 1. The summed E-state index contributed by atoms with van der Waals surface area (Å²) in [6.45, 7) is 0. The van der Waals surface area contributed by atoms with Gasteiger partial charge in [0.15, 0.2) is 11.5 Å². The van der Waals surface area contributed by atoms with Gasteiger partial charge >= 0.3 is 6.18 Å². The Morgan fingerprint density at radius 3 is 2.52 bits per heavy atom. The Hall–Kier alpha value is -2.78. The molecule has 1 aromatic heterocycles. The van der Waals surface area contributed by atoms with Crippen LogP contribution in [0, 0.1) is 0 Å². The van der Waals surface area contributed by atoms with E-state index in [9.17, 15) is 22.8 Å². The number of aromatic nitrogens is 2. The van der Waals surface area contributed by atoms with Crippen LogP contribution in [0.15, 0.2) is 48.5 Å². The van der Waals surface area contributed by atoms with E-state index >= 15 is 0 Å². The van der Waals surface area contributed by atoms with Gasteiger partial charge in [-0.05, 0) is 42.3 Å². The number of halogens is 4. The van der Waals surface area contributed by atoms with E-state index in [0.717, 1.165) is 35.3 Å². The molecule has 3 rings (SSSR count). The number of benzene rings is 2. The molecule has 0 fully saturated rings. The number of carbonyl (C=O) groups excluding carboxylic acids is 2. The molecule has 1 N–H and O–H groups in total. The molecule has 0 spiro atoms. The molecule has 3 aromatic rings. The summed E-state index contributed by atoms with van der Waals surface area (Å²) in [6.07, 6.45) is -4.00. The maximum absolute atomic E-state index is 12.8. The third-order valence-corrected chi connectivity index (χ3v) is 4.88. The number of ketones is 1. The minimum absolute atomic E-state index is 0.0238. The molecule has 0 unspecified atom stereocenters. The van der Waals surface area contributed by atoms with Crippen LogP contribution in [0.2, 0.25) is 5.02 Å². The smallest absolute Gasteiger partial charge is 0.310 e. The molecule has 1 heterocycles. The number of nitrogens with zero attached hydrogens (tertiary/aromatic N) is 2. The topological polar surface area (TPSA) is 72.0 Å². The van der Waals surface area contributed by atoms with Crippen molar-refractivity contribution in [3.05, 3.63) is 75.9 Å². The first-order chi connectivity index (χ1) is 13.7. The fourth-order valence-corrected chi connectivity index (χ4v) is 3.20. The SMILES string of the molecule is O=C(Nc1snnc1C(=O)CCc1ccc(Cl)cc1)c1cccc(C(F)(F)F)c1. The molecule has 0 saturated carbocycles. The molecule has 29 heavy (non-hydrogen) atoms. The summed E-state index contributed by atoms with van der Waals surface area (Å²) in [5.74, 6) is -1.12. The van der Waals surface area contributed by atoms with Crippen LogP contribution in [0.4, 0.5) is 18.2 Å². The second-order valence-corrected chi connectivity index (χ2v) is 7.22. The van der Waals surface area contributed by atoms with Gasteiger partial charge in [-0.3, -0.25) is 9.59 Å². The second-order valence-electron chi connectivity index (χ2n) is 6.03. The average molecular weight is 440 g/mol. The summed E-state index contributed by atoms with van der Waals surface area (Å²) in [5.41, 5.74) is -0.246. The zero-order valence-electron chi connectivity index (χ0n) is 14.7. The van der Waals surface area contributed by atoms with Gasteiger partial charge in [-0.25, -0.2) is 0 Å². The van der Waals surface area contributed by atoms with Crippen LogP contribution in [-0.2, 0) is 12.6 Å². The monoisotopic (exact) mass is 439 g/mol. The summed E-state index contributed by atoms with van der Waals surface area (Å²) in [5, 5.41) is 6.85. The minimum Gasteiger partial charge on any atom is -0.310 e. The maximum Gasteiger partial charge on any atom is 0.416 e. The highest BCUT2D eigenvalue weighted by Crippen LogP contribution is 2.30. The van der Waals surface area contributed by atoms with Gasteiger partial charge in [0.1, 0.15) is 5.00 Å². The number of nitrogens with one attached hydrogen (secondary N) is 1. The van der Waals surface area contributed by atoms with Crippen molar-refractivity contribution in [3.63, 3.8) is 0 Å². The number of Topliss-reactive ketones (excluding diaryl/α,β-unsaturated/α-hetero) is 1. The summed E-state index contributed by atoms with van der Waals surface area (Å²) in [6, 6.07) is 11.0. The van der Waals surface area contributed by atoms with Gasteiger partial charge in [0, 0.05) is 28.5 Å². The average Bonchev–Trinajstić information content (AvgIpc) is 3.15. The zero-order chi connectivity index (χ0) is 21.0. The molecule has 0 aliphatic carbocycles. The number of hydrogen-bond acceptors (Lipinski definition) is 5. The second kappa shape index (κ2) is 8.71. The van der Waals surface area contributed by atoms with Crippen LogP contribution in [0.3, 0.4) is 0 Å². The Morgan fingerprint density at radius 1 is 1.10 bits per heavy atom. The highest BCUT2D eigenvalue weighted by atomic mass is 35.5. The Kier molecular flexibility index (Phi) is 6.29. The predicted molar refractivity (Wildman–Crippen MR) is 103 cm³/mol. The first-order valence-corrected chi connectivity index (χ1v) is 9.48. The van der Waals surface area contributed by atoms with Crippen LogP contribution in [-0.4, -0.2) is 21.3 Å². The van der Waals surface area contributed by atoms with Gasteiger partial charge in [-0.1, -0.05) is 34.3 Å².